The fourth-order valence-corrected chi connectivity index (χ4v) is 1.48. The molecule has 0 spiro atoms. The van der Waals surface area contributed by atoms with E-state index in [0.29, 0.717) is 5.69 Å². The van der Waals surface area contributed by atoms with E-state index in [1.54, 1.807) is 6.92 Å². The SMILES string of the molecule is Cc1nc(N)n(-c2ccccc2)c1N=O. The lowest BCUT2D eigenvalue weighted by Gasteiger charge is -2.04. The van der Waals surface area contributed by atoms with Crippen molar-refractivity contribution in [1.29, 1.82) is 0 Å². The minimum atomic E-state index is 0.249. The van der Waals surface area contributed by atoms with Crippen LogP contribution in [0.1, 0.15) is 5.69 Å². The van der Waals surface area contributed by atoms with Gasteiger partial charge in [-0.2, -0.15) is 0 Å². The highest BCUT2D eigenvalue weighted by atomic mass is 16.3. The molecule has 1 aromatic carbocycles. The number of nitrogens with zero attached hydrogens (tertiary/aromatic N) is 3. The second-order valence-electron chi connectivity index (χ2n) is 3.14. The summed E-state index contributed by atoms with van der Waals surface area (Å²) < 4.78 is 1.53. The van der Waals surface area contributed by atoms with E-state index < -0.39 is 0 Å². The Morgan fingerprint density at radius 2 is 2.00 bits per heavy atom. The van der Waals surface area contributed by atoms with Crippen LogP contribution in [-0.2, 0) is 0 Å². The zero-order chi connectivity index (χ0) is 10.8. The third-order valence-electron chi connectivity index (χ3n) is 2.15. The molecule has 0 aliphatic heterocycles. The highest BCUT2D eigenvalue weighted by Gasteiger charge is 2.13. The molecule has 1 aromatic heterocycles. The largest absolute Gasteiger partial charge is 0.369 e. The van der Waals surface area contributed by atoms with Crippen molar-refractivity contribution >= 4 is 11.8 Å². The van der Waals surface area contributed by atoms with E-state index in [4.69, 9.17) is 5.73 Å². The summed E-state index contributed by atoms with van der Waals surface area (Å²) in [6.45, 7) is 1.70. The van der Waals surface area contributed by atoms with Crippen LogP contribution in [-0.4, -0.2) is 9.55 Å². The molecule has 15 heavy (non-hydrogen) atoms. The molecule has 0 amide bonds. The van der Waals surface area contributed by atoms with E-state index in [9.17, 15) is 4.91 Å². The lowest BCUT2D eigenvalue weighted by molar-refractivity contribution is 1.06. The third kappa shape index (κ3) is 1.48. The maximum atomic E-state index is 10.7. The Labute approximate surface area is 86.5 Å². The maximum Gasteiger partial charge on any atom is 0.206 e. The molecule has 5 heteroatoms. The first-order chi connectivity index (χ1) is 7.24. The Balaban J connectivity index is 2.67. The average Bonchev–Trinajstić information content (AvgIpc) is 2.54. The number of nitroso groups, excluding NO2 is 1. The van der Waals surface area contributed by atoms with Gasteiger partial charge in [0.25, 0.3) is 0 Å². The molecular weight excluding hydrogens is 192 g/mol. The number of aromatic nitrogens is 2. The van der Waals surface area contributed by atoms with Gasteiger partial charge in [0.05, 0.1) is 11.4 Å². The summed E-state index contributed by atoms with van der Waals surface area (Å²) in [6, 6.07) is 9.28. The molecule has 0 unspecified atom stereocenters. The van der Waals surface area contributed by atoms with E-state index >= 15 is 0 Å². The normalized spacial score (nSPS) is 10.2. The molecule has 76 valence electrons. The Morgan fingerprint density at radius 3 is 2.60 bits per heavy atom. The van der Waals surface area contributed by atoms with Gasteiger partial charge in [-0.25, -0.2) is 4.98 Å². The average molecular weight is 202 g/mol. The van der Waals surface area contributed by atoms with Gasteiger partial charge >= 0.3 is 0 Å². The zero-order valence-electron chi connectivity index (χ0n) is 8.21. The number of anilines is 1. The molecular formula is C10H10N4O. The summed E-state index contributed by atoms with van der Waals surface area (Å²) in [5, 5.41) is 2.94. The van der Waals surface area contributed by atoms with Crippen LogP contribution in [0.5, 0.6) is 0 Å². The van der Waals surface area contributed by atoms with Gasteiger partial charge in [-0.15, -0.1) is 4.91 Å². The van der Waals surface area contributed by atoms with E-state index in [0.717, 1.165) is 5.69 Å². The van der Waals surface area contributed by atoms with Crippen molar-refractivity contribution in [2.24, 2.45) is 5.18 Å². The summed E-state index contributed by atoms with van der Waals surface area (Å²) in [6.07, 6.45) is 0. The minimum absolute atomic E-state index is 0.249. The van der Waals surface area contributed by atoms with Crippen LogP contribution in [0.15, 0.2) is 35.5 Å². The number of hydrogen-bond acceptors (Lipinski definition) is 4. The van der Waals surface area contributed by atoms with E-state index in [1.165, 1.54) is 4.57 Å². The van der Waals surface area contributed by atoms with Crippen LogP contribution in [0.25, 0.3) is 5.69 Å². The van der Waals surface area contributed by atoms with E-state index in [2.05, 4.69) is 10.2 Å². The first-order valence-electron chi connectivity index (χ1n) is 4.47. The Kier molecular flexibility index (Phi) is 2.21. The highest BCUT2D eigenvalue weighted by Crippen LogP contribution is 2.26. The van der Waals surface area contributed by atoms with Gasteiger partial charge in [0.2, 0.25) is 11.8 Å². The van der Waals surface area contributed by atoms with Crippen molar-refractivity contribution in [3.63, 3.8) is 0 Å². The second kappa shape index (κ2) is 3.53. The minimum Gasteiger partial charge on any atom is -0.369 e. The first-order valence-corrected chi connectivity index (χ1v) is 4.47. The number of rotatable bonds is 2. The molecule has 0 radical (unpaired) electrons. The molecule has 0 saturated carbocycles. The van der Waals surface area contributed by atoms with Crippen LogP contribution in [0, 0.1) is 11.8 Å². The Bertz CT molecular complexity index is 490. The van der Waals surface area contributed by atoms with Gasteiger partial charge in [-0.3, -0.25) is 4.57 Å². The quantitative estimate of drug-likeness (QED) is 0.758. The van der Waals surface area contributed by atoms with Gasteiger partial charge in [-0.05, 0) is 24.2 Å². The van der Waals surface area contributed by atoms with Crippen molar-refractivity contribution in [1.82, 2.24) is 9.55 Å². The van der Waals surface area contributed by atoms with Crippen molar-refractivity contribution in [3.05, 3.63) is 40.9 Å². The summed E-state index contributed by atoms with van der Waals surface area (Å²) in [5.41, 5.74) is 7.02. The molecule has 2 aromatic rings. The molecule has 1 heterocycles. The van der Waals surface area contributed by atoms with Crippen LogP contribution in [0.3, 0.4) is 0 Å². The molecule has 5 nitrogen and oxygen atoms in total. The van der Waals surface area contributed by atoms with Crippen LogP contribution in [0.2, 0.25) is 0 Å². The topological polar surface area (TPSA) is 73.3 Å². The summed E-state index contributed by atoms with van der Waals surface area (Å²) >= 11 is 0. The molecule has 0 aliphatic rings. The number of hydrogen-bond donors (Lipinski definition) is 1. The molecule has 0 aliphatic carbocycles. The van der Waals surface area contributed by atoms with Crippen LogP contribution in [0.4, 0.5) is 11.8 Å². The molecule has 0 atom stereocenters. The first kappa shape index (κ1) is 9.39. The molecule has 0 bridgehead atoms. The van der Waals surface area contributed by atoms with E-state index in [-0.39, 0.29) is 11.8 Å². The monoisotopic (exact) mass is 202 g/mol. The van der Waals surface area contributed by atoms with Gasteiger partial charge < -0.3 is 5.73 Å². The van der Waals surface area contributed by atoms with Gasteiger partial charge in [-0.1, -0.05) is 18.2 Å². The predicted molar refractivity (Wildman–Crippen MR) is 58.2 cm³/mol. The van der Waals surface area contributed by atoms with Gasteiger partial charge in [0.15, 0.2) is 0 Å². The lowest BCUT2D eigenvalue weighted by atomic mass is 10.3. The maximum absolute atomic E-state index is 10.7. The van der Waals surface area contributed by atoms with Crippen molar-refractivity contribution in [2.75, 3.05) is 5.73 Å². The van der Waals surface area contributed by atoms with Gasteiger partial charge in [0.1, 0.15) is 0 Å². The summed E-state index contributed by atoms with van der Waals surface area (Å²) in [7, 11) is 0. The van der Waals surface area contributed by atoms with Crippen molar-refractivity contribution in [3.8, 4) is 5.69 Å². The molecule has 2 N–H and O–H groups in total. The van der Waals surface area contributed by atoms with Crippen LogP contribution < -0.4 is 5.73 Å². The second-order valence-corrected chi connectivity index (χ2v) is 3.14. The zero-order valence-corrected chi connectivity index (χ0v) is 8.21. The summed E-state index contributed by atoms with van der Waals surface area (Å²) in [5.74, 6) is 0.520. The Morgan fingerprint density at radius 1 is 1.33 bits per heavy atom. The number of aryl methyl sites for hydroxylation is 1. The number of nitrogen functional groups attached to an aromatic ring is 1. The van der Waals surface area contributed by atoms with Crippen molar-refractivity contribution < 1.29 is 0 Å². The van der Waals surface area contributed by atoms with E-state index in [1.807, 2.05) is 30.3 Å². The van der Waals surface area contributed by atoms with Crippen molar-refractivity contribution in [2.45, 2.75) is 6.92 Å². The third-order valence-corrected chi connectivity index (χ3v) is 2.15. The highest BCUT2D eigenvalue weighted by molar-refractivity contribution is 5.52. The fourth-order valence-electron chi connectivity index (χ4n) is 1.48. The van der Waals surface area contributed by atoms with Gasteiger partial charge in [0, 0.05) is 0 Å². The predicted octanol–water partition coefficient (Wildman–Crippen LogP) is 2.16. The number of imidazole rings is 1. The summed E-state index contributed by atoms with van der Waals surface area (Å²) in [4.78, 5) is 14.7. The lowest BCUT2D eigenvalue weighted by Crippen LogP contribution is -1.99. The standard InChI is InChI=1S/C10H10N4O/c1-7-9(13-15)14(10(11)12-7)8-5-3-2-4-6-8/h2-6H,1H3,(H2,11,12). The number of benzene rings is 1. The Hall–Kier alpha value is -2.17. The number of para-hydroxylation sites is 1. The smallest absolute Gasteiger partial charge is 0.206 e. The van der Waals surface area contributed by atoms with Crippen LogP contribution >= 0.6 is 0 Å². The number of nitrogens with two attached hydrogens (primary N) is 1. The molecule has 0 fully saturated rings. The molecule has 2 rings (SSSR count). The fraction of sp³-hybridized carbons (Fsp3) is 0.100. The molecule has 0 saturated heterocycles.